The van der Waals surface area contributed by atoms with Crippen LogP contribution in [0.15, 0.2) is 0 Å². The number of ether oxygens (including phenoxy) is 1. The van der Waals surface area contributed by atoms with E-state index < -0.39 is 0 Å². The Balaban J connectivity index is 2.89. The first kappa shape index (κ1) is 14.9. The van der Waals surface area contributed by atoms with Gasteiger partial charge in [0.25, 0.3) is 0 Å². The fourth-order valence-electron chi connectivity index (χ4n) is 1.47. The maximum atomic E-state index is 10.5. The molecular formula is C12H23BrO2. The van der Waals surface area contributed by atoms with Gasteiger partial charge in [0.15, 0.2) is 0 Å². The summed E-state index contributed by atoms with van der Waals surface area (Å²) in [4.78, 5) is 10.5. The molecule has 0 aliphatic rings. The van der Waals surface area contributed by atoms with Gasteiger partial charge in [0, 0.05) is 12.3 Å². The summed E-state index contributed by atoms with van der Waals surface area (Å²) in [5, 5.41) is 1.13. The summed E-state index contributed by atoms with van der Waals surface area (Å²) in [7, 11) is 0. The Kier molecular flexibility index (Phi) is 12.0. The van der Waals surface area contributed by atoms with Gasteiger partial charge in [-0.15, -0.1) is 0 Å². The van der Waals surface area contributed by atoms with Crippen LogP contribution >= 0.6 is 15.9 Å². The molecule has 15 heavy (non-hydrogen) atoms. The van der Waals surface area contributed by atoms with Crippen LogP contribution < -0.4 is 0 Å². The van der Waals surface area contributed by atoms with Crippen LogP contribution in [0.2, 0.25) is 0 Å². The van der Waals surface area contributed by atoms with Crippen molar-refractivity contribution >= 4 is 21.9 Å². The number of alkyl halides is 1. The Labute approximate surface area is 102 Å². The third kappa shape index (κ3) is 14.0. The Morgan fingerprint density at radius 2 is 1.40 bits per heavy atom. The maximum Gasteiger partial charge on any atom is 0.302 e. The molecule has 0 unspecified atom stereocenters. The van der Waals surface area contributed by atoms with Crippen molar-refractivity contribution in [1.29, 1.82) is 0 Å². The molecule has 0 rings (SSSR count). The smallest absolute Gasteiger partial charge is 0.302 e. The first-order chi connectivity index (χ1) is 7.27. The summed E-state index contributed by atoms with van der Waals surface area (Å²) in [6.45, 7) is 2.06. The van der Waals surface area contributed by atoms with E-state index in [0.717, 1.165) is 11.8 Å². The van der Waals surface area contributed by atoms with Gasteiger partial charge in [-0.05, 0) is 12.8 Å². The fraction of sp³-hybridized carbons (Fsp3) is 0.917. The molecule has 0 aromatic carbocycles. The molecule has 0 radical (unpaired) electrons. The van der Waals surface area contributed by atoms with Crippen molar-refractivity contribution < 1.29 is 9.53 Å². The van der Waals surface area contributed by atoms with Gasteiger partial charge < -0.3 is 4.74 Å². The molecule has 90 valence electrons. The largest absolute Gasteiger partial charge is 0.466 e. The van der Waals surface area contributed by atoms with Gasteiger partial charge in [-0.25, -0.2) is 0 Å². The van der Waals surface area contributed by atoms with Crippen LogP contribution in [0.25, 0.3) is 0 Å². The van der Waals surface area contributed by atoms with Crippen LogP contribution in [0.4, 0.5) is 0 Å². The normalized spacial score (nSPS) is 10.3. The van der Waals surface area contributed by atoms with Crippen molar-refractivity contribution in [2.24, 2.45) is 0 Å². The molecule has 0 atom stereocenters. The van der Waals surface area contributed by atoms with Crippen LogP contribution in [0.5, 0.6) is 0 Å². The summed E-state index contributed by atoms with van der Waals surface area (Å²) in [6.07, 6.45) is 10.1. The van der Waals surface area contributed by atoms with Gasteiger partial charge in [-0.3, -0.25) is 4.79 Å². The van der Waals surface area contributed by atoms with Crippen molar-refractivity contribution in [2.45, 2.75) is 58.3 Å². The van der Waals surface area contributed by atoms with Crippen molar-refractivity contribution in [2.75, 3.05) is 11.9 Å². The Morgan fingerprint density at radius 3 is 1.87 bits per heavy atom. The molecule has 0 bridgehead atoms. The zero-order valence-electron chi connectivity index (χ0n) is 9.77. The molecular weight excluding hydrogens is 256 g/mol. The number of unbranched alkanes of at least 4 members (excludes halogenated alkanes) is 7. The third-order valence-corrected chi connectivity index (χ3v) is 2.89. The molecule has 0 fully saturated rings. The van der Waals surface area contributed by atoms with Crippen molar-refractivity contribution in [1.82, 2.24) is 0 Å². The average Bonchev–Trinajstić information content (AvgIpc) is 2.20. The molecule has 3 heteroatoms. The van der Waals surface area contributed by atoms with E-state index in [0.29, 0.717) is 6.61 Å². The van der Waals surface area contributed by atoms with Gasteiger partial charge in [-0.2, -0.15) is 0 Å². The highest BCUT2D eigenvalue weighted by Crippen LogP contribution is 2.09. The zero-order valence-corrected chi connectivity index (χ0v) is 11.4. The molecule has 0 N–H and O–H groups in total. The van der Waals surface area contributed by atoms with E-state index in [2.05, 4.69) is 15.9 Å². The summed E-state index contributed by atoms with van der Waals surface area (Å²) < 4.78 is 4.86. The average molecular weight is 279 g/mol. The lowest BCUT2D eigenvalue weighted by Crippen LogP contribution is -2.00. The molecule has 0 aliphatic heterocycles. The van der Waals surface area contributed by atoms with E-state index in [1.54, 1.807) is 0 Å². The molecule has 2 nitrogen and oxygen atoms in total. The summed E-state index contributed by atoms with van der Waals surface area (Å²) in [5.41, 5.74) is 0. The first-order valence-electron chi connectivity index (χ1n) is 5.96. The second-order valence-corrected chi connectivity index (χ2v) is 4.65. The number of hydrogen-bond acceptors (Lipinski definition) is 2. The fourth-order valence-corrected chi connectivity index (χ4v) is 1.87. The molecule has 0 aromatic heterocycles. The van der Waals surface area contributed by atoms with E-state index in [1.807, 2.05) is 0 Å². The minimum Gasteiger partial charge on any atom is -0.466 e. The highest BCUT2D eigenvalue weighted by molar-refractivity contribution is 9.09. The Morgan fingerprint density at radius 1 is 0.933 bits per heavy atom. The monoisotopic (exact) mass is 278 g/mol. The summed E-state index contributed by atoms with van der Waals surface area (Å²) >= 11 is 3.43. The number of carbonyl (C=O) groups excluding carboxylic acids is 1. The minimum absolute atomic E-state index is 0.162. The number of hydrogen-bond donors (Lipinski definition) is 0. The second kappa shape index (κ2) is 12.0. The lowest BCUT2D eigenvalue weighted by molar-refractivity contribution is -0.141. The summed E-state index contributed by atoms with van der Waals surface area (Å²) in [5.74, 6) is -0.162. The topological polar surface area (TPSA) is 26.3 Å². The van der Waals surface area contributed by atoms with Crippen LogP contribution in [-0.2, 0) is 9.53 Å². The van der Waals surface area contributed by atoms with Crippen LogP contribution in [0.1, 0.15) is 58.3 Å². The van der Waals surface area contributed by atoms with E-state index in [-0.39, 0.29) is 5.97 Å². The highest BCUT2D eigenvalue weighted by Gasteiger charge is 1.94. The number of carbonyl (C=O) groups is 1. The quantitative estimate of drug-likeness (QED) is 0.342. The molecule has 0 saturated heterocycles. The zero-order chi connectivity index (χ0) is 11.4. The van der Waals surface area contributed by atoms with E-state index in [1.165, 1.54) is 51.9 Å². The SMILES string of the molecule is CC(=O)OCCCCCCCCCCBr. The van der Waals surface area contributed by atoms with Gasteiger partial charge >= 0.3 is 5.97 Å². The number of halogens is 1. The second-order valence-electron chi connectivity index (χ2n) is 3.86. The van der Waals surface area contributed by atoms with Crippen LogP contribution in [-0.4, -0.2) is 17.9 Å². The molecule has 0 aliphatic carbocycles. The summed E-state index contributed by atoms with van der Waals surface area (Å²) in [6, 6.07) is 0. The standard InChI is InChI=1S/C12H23BrO2/c1-12(14)15-11-9-7-5-3-2-4-6-8-10-13/h2-11H2,1H3. The van der Waals surface area contributed by atoms with Crippen molar-refractivity contribution in [3.8, 4) is 0 Å². The van der Waals surface area contributed by atoms with Crippen LogP contribution in [0.3, 0.4) is 0 Å². The molecule has 0 saturated carbocycles. The first-order valence-corrected chi connectivity index (χ1v) is 7.09. The number of rotatable bonds is 10. The van der Waals surface area contributed by atoms with E-state index in [9.17, 15) is 4.79 Å². The minimum atomic E-state index is -0.162. The Bertz CT molecular complexity index is 149. The van der Waals surface area contributed by atoms with Gasteiger partial charge in [0.1, 0.15) is 0 Å². The highest BCUT2D eigenvalue weighted by atomic mass is 79.9. The van der Waals surface area contributed by atoms with Gasteiger partial charge in [0.2, 0.25) is 0 Å². The van der Waals surface area contributed by atoms with Gasteiger partial charge in [-0.1, -0.05) is 54.5 Å². The lowest BCUT2D eigenvalue weighted by atomic mass is 10.1. The molecule has 0 spiro atoms. The predicted octanol–water partition coefficient (Wildman–Crippen LogP) is 4.07. The Hall–Kier alpha value is -0.0500. The third-order valence-electron chi connectivity index (χ3n) is 2.33. The van der Waals surface area contributed by atoms with Gasteiger partial charge in [0.05, 0.1) is 6.61 Å². The molecule has 0 aromatic rings. The maximum absolute atomic E-state index is 10.5. The number of esters is 1. The van der Waals surface area contributed by atoms with E-state index >= 15 is 0 Å². The van der Waals surface area contributed by atoms with Crippen molar-refractivity contribution in [3.63, 3.8) is 0 Å². The predicted molar refractivity (Wildman–Crippen MR) is 67.4 cm³/mol. The van der Waals surface area contributed by atoms with Crippen LogP contribution in [0, 0.1) is 0 Å². The molecule has 0 heterocycles. The lowest BCUT2D eigenvalue weighted by Gasteiger charge is -2.02. The molecule has 0 amide bonds. The van der Waals surface area contributed by atoms with Crippen molar-refractivity contribution in [3.05, 3.63) is 0 Å². The van der Waals surface area contributed by atoms with E-state index in [4.69, 9.17) is 4.74 Å².